The van der Waals surface area contributed by atoms with Crippen LogP contribution < -0.4 is 0 Å². The fraction of sp³-hybridized carbons (Fsp3) is 0.611. The first-order valence-electron chi connectivity index (χ1n) is 8.20. The molecule has 1 aromatic heterocycles. The standard InChI is InChI=1S/C18H28N2O4/c1-10(2)8-9-20(14(6)21)13(5)17(22)15-11(3)16(18(23)24-7)19-12(15)4/h10,13,19H,8-9H2,1-7H3. The van der Waals surface area contributed by atoms with Gasteiger partial charge in [-0.1, -0.05) is 13.8 Å². The van der Waals surface area contributed by atoms with Crippen molar-refractivity contribution in [3.63, 3.8) is 0 Å². The summed E-state index contributed by atoms with van der Waals surface area (Å²) >= 11 is 0. The number of nitrogens with zero attached hydrogens (tertiary/aromatic N) is 1. The quantitative estimate of drug-likeness (QED) is 0.613. The number of carbonyl (C=O) groups is 3. The van der Waals surface area contributed by atoms with Gasteiger partial charge in [-0.15, -0.1) is 0 Å². The second-order valence-electron chi connectivity index (χ2n) is 6.55. The molecule has 0 saturated heterocycles. The molecule has 0 saturated carbocycles. The van der Waals surface area contributed by atoms with E-state index in [9.17, 15) is 14.4 Å². The maximum absolute atomic E-state index is 12.9. The Hall–Kier alpha value is -2.11. The van der Waals surface area contributed by atoms with Gasteiger partial charge in [0.15, 0.2) is 5.78 Å². The van der Waals surface area contributed by atoms with Gasteiger partial charge in [-0.25, -0.2) is 4.79 Å². The van der Waals surface area contributed by atoms with E-state index in [4.69, 9.17) is 4.74 Å². The van der Waals surface area contributed by atoms with Crippen LogP contribution in [0.5, 0.6) is 0 Å². The largest absolute Gasteiger partial charge is 0.464 e. The van der Waals surface area contributed by atoms with Gasteiger partial charge in [0, 0.05) is 24.7 Å². The van der Waals surface area contributed by atoms with Gasteiger partial charge in [0.05, 0.1) is 13.2 Å². The molecule has 1 N–H and O–H groups in total. The average Bonchev–Trinajstić information content (AvgIpc) is 2.80. The summed E-state index contributed by atoms with van der Waals surface area (Å²) in [6.07, 6.45) is 0.829. The van der Waals surface area contributed by atoms with E-state index in [1.807, 2.05) is 0 Å². The first-order chi connectivity index (χ1) is 11.1. The van der Waals surface area contributed by atoms with Crippen LogP contribution in [0.25, 0.3) is 0 Å². The molecule has 1 aromatic rings. The van der Waals surface area contributed by atoms with Crippen LogP contribution in [0, 0.1) is 19.8 Å². The summed E-state index contributed by atoms with van der Waals surface area (Å²) in [7, 11) is 1.30. The van der Waals surface area contributed by atoms with Crippen molar-refractivity contribution in [2.24, 2.45) is 5.92 Å². The van der Waals surface area contributed by atoms with Crippen LogP contribution in [0.15, 0.2) is 0 Å². The van der Waals surface area contributed by atoms with Gasteiger partial charge in [-0.05, 0) is 38.7 Å². The molecule has 0 aliphatic rings. The molecule has 0 fully saturated rings. The molecule has 0 aliphatic heterocycles. The van der Waals surface area contributed by atoms with E-state index in [0.717, 1.165) is 6.42 Å². The van der Waals surface area contributed by atoms with Crippen LogP contribution in [-0.2, 0) is 9.53 Å². The van der Waals surface area contributed by atoms with E-state index >= 15 is 0 Å². The van der Waals surface area contributed by atoms with Crippen LogP contribution in [0.2, 0.25) is 0 Å². The number of hydrogen-bond donors (Lipinski definition) is 1. The van der Waals surface area contributed by atoms with Gasteiger partial charge in [0.1, 0.15) is 5.69 Å². The Balaban J connectivity index is 3.13. The van der Waals surface area contributed by atoms with Crippen LogP contribution in [0.1, 0.15) is 66.2 Å². The van der Waals surface area contributed by atoms with E-state index in [1.165, 1.54) is 14.0 Å². The maximum Gasteiger partial charge on any atom is 0.354 e. The van der Waals surface area contributed by atoms with Crippen molar-refractivity contribution < 1.29 is 19.1 Å². The highest BCUT2D eigenvalue weighted by Gasteiger charge is 2.29. The summed E-state index contributed by atoms with van der Waals surface area (Å²) < 4.78 is 4.73. The number of nitrogens with one attached hydrogen (secondary N) is 1. The number of aromatic amines is 1. The second kappa shape index (κ2) is 8.13. The lowest BCUT2D eigenvalue weighted by molar-refractivity contribution is -0.130. The number of Topliss-reactive ketones (excluding diaryl/α,β-unsaturated/α-hetero) is 1. The molecule has 24 heavy (non-hydrogen) atoms. The molecule has 6 heteroatoms. The molecular formula is C18H28N2O4. The Bertz CT molecular complexity index is 631. The second-order valence-corrected chi connectivity index (χ2v) is 6.55. The van der Waals surface area contributed by atoms with Gasteiger partial charge >= 0.3 is 5.97 Å². The van der Waals surface area contributed by atoms with E-state index in [-0.39, 0.29) is 17.4 Å². The first kappa shape index (κ1) is 19.9. The Morgan fingerprint density at radius 2 is 1.75 bits per heavy atom. The molecule has 1 rings (SSSR count). The Kier molecular flexibility index (Phi) is 6.75. The molecule has 0 spiro atoms. The van der Waals surface area contributed by atoms with Crippen molar-refractivity contribution in [2.45, 2.75) is 54.0 Å². The van der Waals surface area contributed by atoms with Crippen molar-refractivity contribution >= 4 is 17.7 Å². The molecular weight excluding hydrogens is 308 g/mol. The minimum Gasteiger partial charge on any atom is -0.464 e. The summed E-state index contributed by atoms with van der Waals surface area (Å²) in [4.78, 5) is 41.2. The number of aryl methyl sites for hydroxylation is 1. The van der Waals surface area contributed by atoms with Crippen LogP contribution in [0.3, 0.4) is 0 Å². The molecule has 134 valence electrons. The number of ketones is 1. The molecule has 0 radical (unpaired) electrons. The highest BCUT2D eigenvalue weighted by atomic mass is 16.5. The van der Waals surface area contributed by atoms with Gasteiger partial charge in [0.25, 0.3) is 0 Å². The topological polar surface area (TPSA) is 79.5 Å². The zero-order chi connectivity index (χ0) is 18.6. The van der Waals surface area contributed by atoms with Crippen molar-refractivity contribution in [3.8, 4) is 0 Å². The van der Waals surface area contributed by atoms with E-state index in [0.29, 0.717) is 29.3 Å². The molecule has 1 heterocycles. The van der Waals surface area contributed by atoms with E-state index in [1.54, 1.807) is 25.7 Å². The SMILES string of the molecule is COC(=O)c1[nH]c(C)c(C(=O)C(C)N(CCC(C)C)C(C)=O)c1C. The zero-order valence-corrected chi connectivity index (χ0v) is 15.6. The molecule has 1 unspecified atom stereocenters. The minimum absolute atomic E-state index is 0.129. The fourth-order valence-electron chi connectivity index (χ4n) is 2.80. The fourth-order valence-corrected chi connectivity index (χ4v) is 2.80. The smallest absolute Gasteiger partial charge is 0.354 e. The van der Waals surface area contributed by atoms with Crippen LogP contribution in [0.4, 0.5) is 0 Å². The number of H-pyrrole nitrogens is 1. The monoisotopic (exact) mass is 336 g/mol. The Morgan fingerprint density at radius 3 is 2.21 bits per heavy atom. The normalized spacial score (nSPS) is 12.2. The number of methoxy groups -OCH3 is 1. The number of amides is 1. The lowest BCUT2D eigenvalue weighted by Gasteiger charge is -2.28. The van der Waals surface area contributed by atoms with Crippen molar-refractivity contribution in [1.29, 1.82) is 0 Å². The summed E-state index contributed by atoms with van der Waals surface area (Å²) in [5.41, 5.74) is 1.90. The molecule has 0 aliphatic carbocycles. The number of hydrogen-bond acceptors (Lipinski definition) is 4. The summed E-state index contributed by atoms with van der Waals surface area (Å²) in [6, 6.07) is -0.583. The summed E-state index contributed by atoms with van der Waals surface area (Å²) in [5, 5.41) is 0. The predicted octanol–water partition coefficient (Wildman–Crippen LogP) is 2.88. The number of esters is 1. The molecule has 0 aromatic carbocycles. The number of aromatic nitrogens is 1. The minimum atomic E-state index is -0.583. The Labute approximate surface area is 143 Å². The molecule has 1 atom stereocenters. The third-order valence-corrected chi connectivity index (χ3v) is 4.27. The van der Waals surface area contributed by atoms with Crippen molar-refractivity contribution in [3.05, 3.63) is 22.5 Å². The van der Waals surface area contributed by atoms with Crippen LogP contribution >= 0.6 is 0 Å². The third-order valence-electron chi connectivity index (χ3n) is 4.27. The summed E-state index contributed by atoms with van der Waals surface area (Å²) in [6.45, 7) is 11.3. The van der Waals surface area contributed by atoms with Crippen molar-refractivity contribution in [2.75, 3.05) is 13.7 Å². The third kappa shape index (κ3) is 4.24. The molecule has 6 nitrogen and oxygen atoms in total. The molecule has 1 amide bonds. The van der Waals surface area contributed by atoms with Crippen LogP contribution in [-0.4, -0.2) is 47.2 Å². The van der Waals surface area contributed by atoms with Gasteiger partial charge in [0.2, 0.25) is 5.91 Å². The molecule has 0 bridgehead atoms. The zero-order valence-electron chi connectivity index (χ0n) is 15.6. The Morgan fingerprint density at radius 1 is 1.17 bits per heavy atom. The van der Waals surface area contributed by atoms with E-state index in [2.05, 4.69) is 18.8 Å². The maximum atomic E-state index is 12.9. The number of ether oxygens (including phenoxy) is 1. The predicted molar refractivity (Wildman–Crippen MR) is 92.2 cm³/mol. The lowest BCUT2D eigenvalue weighted by atomic mass is 9.99. The van der Waals surface area contributed by atoms with Gasteiger partial charge in [-0.3, -0.25) is 9.59 Å². The summed E-state index contributed by atoms with van der Waals surface area (Å²) in [5.74, 6) is -0.368. The van der Waals surface area contributed by atoms with Gasteiger partial charge in [-0.2, -0.15) is 0 Å². The van der Waals surface area contributed by atoms with Crippen molar-refractivity contribution in [1.82, 2.24) is 9.88 Å². The highest BCUT2D eigenvalue weighted by Crippen LogP contribution is 2.22. The number of carbonyl (C=O) groups excluding carboxylic acids is 3. The van der Waals surface area contributed by atoms with Gasteiger partial charge < -0.3 is 14.6 Å². The first-order valence-corrected chi connectivity index (χ1v) is 8.20. The lowest BCUT2D eigenvalue weighted by Crippen LogP contribution is -2.43. The van der Waals surface area contributed by atoms with E-state index < -0.39 is 12.0 Å². The number of rotatable bonds is 7. The highest BCUT2D eigenvalue weighted by molar-refractivity contribution is 6.06. The average molecular weight is 336 g/mol.